The molecule has 0 amide bonds. The molecule has 0 radical (unpaired) electrons. The number of carbonyl (C=O) groups is 1. The molecule has 3 heteroatoms. The van der Waals surface area contributed by atoms with E-state index in [0.717, 1.165) is 0 Å². The lowest BCUT2D eigenvalue weighted by molar-refractivity contribution is 0.106. The second-order valence-electron chi connectivity index (χ2n) is 3.32. The third-order valence-electron chi connectivity index (χ3n) is 1.66. The Hall–Kier alpha value is -1.22. The Morgan fingerprint density at radius 1 is 1.29 bits per heavy atom. The topological polar surface area (TPSA) is 29.1 Å². The van der Waals surface area contributed by atoms with Crippen LogP contribution < -0.4 is 5.32 Å². The summed E-state index contributed by atoms with van der Waals surface area (Å²) >= 11 is 4.97. The average Bonchev–Trinajstić information content (AvgIpc) is 2.17. The van der Waals surface area contributed by atoms with Gasteiger partial charge < -0.3 is 5.32 Å². The van der Waals surface area contributed by atoms with E-state index in [0.29, 0.717) is 5.56 Å². The minimum Gasteiger partial charge on any atom is -0.371 e. The molecule has 1 aromatic carbocycles. The maximum absolute atomic E-state index is 11.7. The van der Waals surface area contributed by atoms with Crippen molar-refractivity contribution in [1.29, 1.82) is 0 Å². The van der Waals surface area contributed by atoms with Crippen molar-refractivity contribution < 1.29 is 4.79 Å². The molecule has 0 heterocycles. The van der Waals surface area contributed by atoms with Crippen molar-refractivity contribution in [3.8, 4) is 0 Å². The van der Waals surface area contributed by atoms with Crippen molar-refractivity contribution in [2.75, 3.05) is 0 Å². The number of rotatable bonds is 3. The fourth-order valence-corrected chi connectivity index (χ4v) is 1.40. The predicted octanol–water partition coefficient (Wildman–Crippen LogP) is 2.19. The summed E-state index contributed by atoms with van der Waals surface area (Å²) in [7, 11) is 0. The second kappa shape index (κ2) is 4.86. The second-order valence-corrected chi connectivity index (χ2v) is 3.73. The van der Waals surface area contributed by atoms with Crippen LogP contribution in [0.25, 0.3) is 0 Å². The monoisotopic (exact) mass is 207 g/mol. The molecule has 0 bridgehead atoms. The number of hydrogen-bond acceptors (Lipinski definition) is 2. The fourth-order valence-electron chi connectivity index (χ4n) is 1.05. The van der Waals surface area contributed by atoms with Gasteiger partial charge in [0.05, 0.1) is 0 Å². The van der Waals surface area contributed by atoms with E-state index in [1.165, 1.54) is 0 Å². The molecule has 1 rings (SSSR count). The number of Topliss-reactive ketones (excluding diaryl/α,β-unsaturated/α-hetero) is 1. The lowest BCUT2D eigenvalue weighted by atomic mass is 10.1. The van der Waals surface area contributed by atoms with Gasteiger partial charge in [0, 0.05) is 11.6 Å². The molecule has 1 N–H and O–H groups in total. The third kappa shape index (κ3) is 2.92. The minimum absolute atomic E-state index is 0.116. The smallest absolute Gasteiger partial charge is 0.219 e. The van der Waals surface area contributed by atoms with Gasteiger partial charge in [-0.1, -0.05) is 42.5 Å². The van der Waals surface area contributed by atoms with Gasteiger partial charge in [-0.05, 0) is 13.8 Å². The largest absolute Gasteiger partial charge is 0.371 e. The Morgan fingerprint density at radius 3 is 2.36 bits per heavy atom. The number of carbonyl (C=O) groups excluding carboxylic acids is 1. The van der Waals surface area contributed by atoms with E-state index in [9.17, 15) is 4.79 Å². The standard InChI is InChI=1S/C11H13NOS/c1-8(2)12-11(14)10(13)9-6-4-3-5-7-9/h3-8H,1-2H3,(H,12,14). The van der Waals surface area contributed by atoms with Crippen molar-refractivity contribution in [3.63, 3.8) is 0 Å². The van der Waals surface area contributed by atoms with Gasteiger partial charge in [-0.15, -0.1) is 0 Å². The van der Waals surface area contributed by atoms with Crippen LogP contribution in [0, 0.1) is 0 Å². The summed E-state index contributed by atoms with van der Waals surface area (Å²) in [6.07, 6.45) is 0. The maximum atomic E-state index is 11.7. The van der Waals surface area contributed by atoms with Crippen LogP contribution in [0.15, 0.2) is 30.3 Å². The molecular weight excluding hydrogens is 194 g/mol. The highest BCUT2D eigenvalue weighted by atomic mass is 32.1. The average molecular weight is 207 g/mol. The number of ketones is 1. The van der Waals surface area contributed by atoms with E-state index in [1.54, 1.807) is 12.1 Å². The molecule has 1 aromatic rings. The number of benzene rings is 1. The van der Waals surface area contributed by atoms with Gasteiger partial charge in [-0.3, -0.25) is 4.79 Å². The maximum Gasteiger partial charge on any atom is 0.219 e. The van der Waals surface area contributed by atoms with Crippen LogP contribution in [0.2, 0.25) is 0 Å². The Balaban J connectivity index is 2.72. The van der Waals surface area contributed by atoms with Crippen molar-refractivity contribution in [2.24, 2.45) is 0 Å². The van der Waals surface area contributed by atoms with Crippen LogP contribution >= 0.6 is 12.2 Å². The predicted molar refractivity (Wildman–Crippen MR) is 61.6 cm³/mol. The lowest BCUT2D eigenvalue weighted by Gasteiger charge is -2.09. The SMILES string of the molecule is CC(C)NC(=S)C(=O)c1ccccc1. The molecule has 0 saturated carbocycles. The molecule has 0 spiro atoms. The van der Waals surface area contributed by atoms with Gasteiger partial charge in [-0.25, -0.2) is 0 Å². The highest BCUT2D eigenvalue weighted by molar-refractivity contribution is 7.82. The Bertz CT molecular complexity index is 332. The molecule has 0 aliphatic rings. The highest BCUT2D eigenvalue weighted by Crippen LogP contribution is 2.01. The fraction of sp³-hybridized carbons (Fsp3) is 0.273. The van der Waals surface area contributed by atoms with E-state index >= 15 is 0 Å². The number of thiocarbonyl (C=S) groups is 1. The summed E-state index contributed by atoms with van der Waals surface area (Å²) in [5, 5.41) is 2.92. The van der Waals surface area contributed by atoms with E-state index in [4.69, 9.17) is 12.2 Å². The van der Waals surface area contributed by atoms with Crippen LogP contribution in [-0.4, -0.2) is 16.8 Å². The van der Waals surface area contributed by atoms with Crippen LogP contribution in [0.4, 0.5) is 0 Å². The zero-order valence-electron chi connectivity index (χ0n) is 8.28. The van der Waals surface area contributed by atoms with E-state index in [2.05, 4.69) is 5.32 Å². The van der Waals surface area contributed by atoms with E-state index in [-0.39, 0.29) is 16.8 Å². The first-order valence-electron chi connectivity index (χ1n) is 4.51. The number of nitrogens with one attached hydrogen (secondary N) is 1. The summed E-state index contributed by atoms with van der Waals surface area (Å²) in [6, 6.07) is 9.23. The van der Waals surface area contributed by atoms with Gasteiger partial charge in [0.25, 0.3) is 0 Å². The number of hydrogen-bond donors (Lipinski definition) is 1. The molecule has 2 nitrogen and oxygen atoms in total. The minimum atomic E-state index is -0.116. The molecule has 74 valence electrons. The summed E-state index contributed by atoms with van der Waals surface area (Å²) < 4.78 is 0. The van der Waals surface area contributed by atoms with Crippen LogP contribution in [-0.2, 0) is 0 Å². The zero-order chi connectivity index (χ0) is 10.6. The van der Waals surface area contributed by atoms with E-state index < -0.39 is 0 Å². The summed E-state index contributed by atoms with van der Waals surface area (Å²) in [5.74, 6) is -0.116. The molecule has 0 unspecified atom stereocenters. The summed E-state index contributed by atoms with van der Waals surface area (Å²) in [5.41, 5.74) is 0.630. The molecule has 0 saturated heterocycles. The quantitative estimate of drug-likeness (QED) is 0.608. The van der Waals surface area contributed by atoms with Gasteiger partial charge in [0.15, 0.2) is 0 Å². The van der Waals surface area contributed by atoms with Crippen LogP contribution in [0.3, 0.4) is 0 Å². The summed E-state index contributed by atoms with van der Waals surface area (Å²) in [6.45, 7) is 3.90. The first kappa shape index (κ1) is 10.9. The molecular formula is C11H13NOS. The van der Waals surface area contributed by atoms with Crippen LogP contribution in [0.5, 0.6) is 0 Å². The molecule has 0 aliphatic heterocycles. The lowest BCUT2D eigenvalue weighted by Crippen LogP contribution is -2.34. The molecule has 0 fully saturated rings. The molecule has 14 heavy (non-hydrogen) atoms. The van der Waals surface area contributed by atoms with Gasteiger partial charge in [0.2, 0.25) is 5.78 Å². The van der Waals surface area contributed by atoms with Gasteiger partial charge in [-0.2, -0.15) is 0 Å². The normalized spacial score (nSPS) is 9.93. The van der Waals surface area contributed by atoms with Crippen molar-refractivity contribution in [2.45, 2.75) is 19.9 Å². The Morgan fingerprint density at radius 2 is 1.86 bits per heavy atom. The van der Waals surface area contributed by atoms with Gasteiger partial charge >= 0.3 is 0 Å². The zero-order valence-corrected chi connectivity index (χ0v) is 9.10. The summed E-state index contributed by atoms with van der Waals surface area (Å²) in [4.78, 5) is 12.0. The Kier molecular flexibility index (Phi) is 3.77. The first-order valence-corrected chi connectivity index (χ1v) is 4.92. The van der Waals surface area contributed by atoms with Crippen molar-refractivity contribution >= 4 is 23.0 Å². The highest BCUT2D eigenvalue weighted by Gasteiger charge is 2.11. The van der Waals surface area contributed by atoms with Crippen molar-refractivity contribution in [1.82, 2.24) is 5.32 Å². The van der Waals surface area contributed by atoms with Crippen LogP contribution in [0.1, 0.15) is 24.2 Å². The molecule has 0 aliphatic carbocycles. The third-order valence-corrected chi connectivity index (χ3v) is 1.97. The first-order chi connectivity index (χ1) is 6.61. The Labute approximate surface area is 89.3 Å². The van der Waals surface area contributed by atoms with Gasteiger partial charge in [0.1, 0.15) is 4.99 Å². The molecule has 0 aromatic heterocycles. The van der Waals surface area contributed by atoms with Crippen molar-refractivity contribution in [3.05, 3.63) is 35.9 Å². The molecule has 0 atom stereocenters. The van der Waals surface area contributed by atoms with E-state index in [1.807, 2.05) is 32.0 Å².